The van der Waals surface area contributed by atoms with Gasteiger partial charge < -0.3 is 5.32 Å². The van der Waals surface area contributed by atoms with E-state index in [2.05, 4.69) is 5.32 Å². The summed E-state index contributed by atoms with van der Waals surface area (Å²) < 4.78 is 13.3. The number of halogens is 2. The van der Waals surface area contributed by atoms with Gasteiger partial charge in [0.1, 0.15) is 5.67 Å². The lowest BCUT2D eigenvalue weighted by Gasteiger charge is -2.25. The minimum absolute atomic E-state index is 0. The molecular weight excluding hydrogens is 153 g/mol. The summed E-state index contributed by atoms with van der Waals surface area (Å²) in [6, 6.07) is 0. The number of rotatable bonds is 0. The van der Waals surface area contributed by atoms with E-state index in [1.807, 2.05) is 0 Å². The third kappa shape index (κ3) is 1.28. The topological polar surface area (TPSA) is 12.0 Å². The van der Waals surface area contributed by atoms with Gasteiger partial charge in [-0.05, 0) is 31.7 Å². The van der Waals surface area contributed by atoms with Crippen molar-refractivity contribution < 1.29 is 4.39 Å². The molecule has 2 unspecified atom stereocenters. The highest BCUT2D eigenvalue weighted by molar-refractivity contribution is 5.85. The van der Waals surface area contributed by atoms with Crippen molar-refractivity contribution in [2.45, 2.75) is 24.9 Å². The van der Waals surface area contributed by atoms with Gasteiger partial charge in [-0.25, -0.2) is 4.39 Å². The minimum Gasteiger partial charge on any atom is -0.313 e. The summed E-state index contributed by atoms with van der Waals surface area (Å²) in [5.74, 6) is 0.642. The Bertz CT molecular complexity index is 127. The fourth-order valence-electron chi connectivity index (χ4n) is 2.02. The monoisotopic (exact) mass is 165 g/mol. The van der Waals surface area contributed by atoms with Crippen LogP contribution in [0.1, 0.15) is 19.3 Å². The van der Waals surface area contributed by atoms with Gasteiger partial charge in [-0.2, -0.15) is 0 Å². The molecule has 0 aromatic heterocycles. The van der Waals surface area contributed by atoms with E-state index in [1.54, 1.807) is 0 Å². The molecule has 2 aliphatic rings. The van der Waals surface area contributed by atoms with Crippen LogP contribution in [0.4, 0.5) is 4.39 Å². The maximum absolute atomic E-state index is 13.3. The van der Waals surface area contributed by atoms with Crippen molar-refractivity contribution in [1.29, 1.82) is 0 Å². The molecule has 1 saturated heterocycles. The molecule has 1 saturated carbocycles. The van der Waals surface area contributed by atoms with Crippen LogP contribution in [0.15, 0.2) is 0 Å². The predicted octanol–water partition coefficient (Wildman–Crippen LogP) is 1.52. The highest BCUT2D eigenvalue weighted by atomic mass is 35.5. The first-order valence-electron chi connectivity index (χ1n) is 3.68. The summed E-state index contributed by atoms with van der Waals surface area (Å²) in [6.07, 6.45) is 2.72. The molecule has 2 bridgehead atoms. The number of nitrogens with one attached hydrogen (secondary N) is 1. The van der Waals surface area contributed by atoms with Crippen LogP contribution in [0.2, 0.25) is 0 Å². The third-order valence-corrected chi connectivity index (χ3v) is 2.53. The van der Waals surface area contributed by atoms with E-state index in [1.165, 1.54) is 0 Å². The Morgan fingerprint density at radius 1 is 1.50 bits per heavy atom. The zero-order valence-electron chi connectivity index (χ0n) is 5.90. The lowest BCUT2D eigenvalue weighted by Crippen LogP contribution is -2.40. The van der Waals surface area contributed by atoms with Gasteiger partial charge >= 0.3 is 0 Å². The molecule has 2 atom stereocenters. The first kappa shape index (κ1) is 8.28. The molecule has 0 radical (unpaired) electrons. The Morgan fingerprint density at radius 2 is 2.30 bits per heavy atom. The number of piperidine rings is 1. The SMILES string of the molecule is Cl.FC12CCC(CNC1)C2. The first-order chi connectivity index (χ1) is 4.29. The van der Waals surface area contributed by atoms with Gasteiger partial charge in [0.05, 0.1) is 0 Å². The molecule has 60 valence electrons. The Kier molecular flexibility index (Phi) is 2.21. The summed E-state index contributed by atoms with van der Waals surface area (Å²) in [5.41, 5.74) is -0.817. The zero-order valence-corrected chi connectivity index (χ0v) is 6.72. The summed E-state index contributed by atoms with van der Waals surface area (Å²) in [4.78, 5) is 0. The Labute approximate surface area is 66.8 Å². The van der Waals surface area contributed by atoms with Crippen LogP contribution in [0, 0.1) is 5.92 Å². The van der Waals surface area contributed by atoms with Gasteiger partial charge in [0.25, 0.3) is 0 Å². The molecule has 1 aliphatic heterocycles. The van der Waals surface area contributed by atoms with Crippen LogP contribution >= 0.6 is 12.4 Å². The van der Waals surface area contributed by atoms with Crippen molar-refractivity contribution in [1.82, 2.24) is 5.32 Å². The van der Waals surface area contributed by atoms with E-state index >= 15 is 0 Å². The van der Waals surface area contributed by atoms with Crippen LogP contribution in [0.25, 0.3) is 0 Å². The normalized spacial score (nSPS) is 44.7. The molecule has 1 heterocycles. The van der Waals surface area contributed by atoms with Crippen molar-refractivity contribution in [3.63, 3.8) is 0 Å². The molecule has 10 heavy (non-hydrogen) atoms. The summed E-state index contributed by atoms with van der Waals surface area (Å²) >= 11 is 0. The van der Waals surface area contributed by atoms with Crippen molar-refractivity contribution in [2.75, 3.05) is 13.1 Å². The fraction of sp³-hybridized carbons (Fsp3) is 1.00. The minimum atomic E-state index is -0.817. The lowest BCUT2D eigenvalue weighted by atomic mass is 9.98. The summed E-state index contributed by atoms with van der Waals surface area (Å²) in [6.45, 7) is 1.65. The standard InChI is InChI=1S/C7H12FN.ClH/c8-7-2-1-6(3-7)4-9-5-7;/h6,9H,1-5H2;1H. The molecule has 1 aliphatic carbocycles. The number of fused-ring (bicyclic) bond motifs is 2. The molecule has 2 rings (SSSR count). The average Bonchev–Trinajstić information content (AvgIpc) is 2.07. The van der Waals surface area contributed by atoms with Crippen LogP contribution in [-0.4, -0.2) is 18.8 Å². The zero-order chi connectivity index (χ0) is 6.32. The van der Waals surface area contributed by atoms with E-state index in [9.17, 15) is 4.39 Å². The second kappa shape index (κ2) is 2.67. The van der Waals surface area contributed by atoms with Gasteiger partial charge in [-0.1, -0.05) is 0 Å². The number of alkyl halides is 1. The van der Waals surface area contributed by atoms with E-state index in [4.69, 9.17) is 0 Å². The van der Waals surface area contributed by atoms with Crippen LogP contribution in [-0.2, 0) is 0 Å². The Hall–Kier alpha value is 0.180. The maximum atomic E-state index is 13.3. The number of hydrogen-bond donors (Lipinski definition) is 1. The summed E-state index contributed by atoms with van der Waals surface area (Å²) in [7, 11) is 0. The Morgan fingerprint density at radius 3 is 2.90 bits per heavy atom. The summed E-state index contributed by atoms with van der Waals surface area (Å²) in [5, 5.41) is 3.11. The third-order valence-electron chi connectivity index (χ3n) is 2.53. The van der Waals surface area contributed by atoms with E-state index in [0.29, 0.717) is 12.5 Å². The van der Waals surface area contributed by atoms with Gasteiger partial charge in [0.15, 0.2) is 0 Å². The quantitative estimate of drug-likeness (QED) is 0.574. The van der Waals surface area contributed by atoms with Gasteiger partial charge in [-0.15, -0.1) is 12.4 Å². The van der Waals surface area contributed by atoms with Crippen molar-refractivity contribution in [3.8, 4) is 0 Å². The van der Waals surface area contributed by atoms with Crippen LogP contribution in [0.5, 0.6) is 0 Å². The average molecular weight is 166 g/mol. The molecule has 0 spiro atoms. The van der Waals surface area contributed by atoms with Crippen molar-refractivity contribution >= 4 is 12.4 Å². The predicted molar refractivity (Wildman–Crippen MR) is 41.3 cm³/mol. The highest BCUT2D eigenvalue weighted by Gasteiger charge is 2.41. The first-order valence-corrected chi connectivity index (χ1v) is 3.68. The van der Waals surface area contributed by atoms with Crippen molar-refractivity contribution in [2.24, 2.45) is 5.92 Å². The second-order valence-corrected chi connectivity index (χ2v) is 3.39. The van der Waals surface area contributed by atoms with Gasteiger partial charge in [0.2, 0.25) is 0 Å². The lowest BCUT2D eigenvalue weighted by molar-refractivity contribution is 0.142. The van der Waals surface area contributed by atoms with Gasteiger partial charge in [-0.3, -0.25) is 0 Å². The smallest absolute Gasteiger partial charge is 0.123 e. The molecule has 1 nitrogen and oxygen atoms in total. The molecule has 3 heteroatoms. The molecule has 1 N–H and O–H groups in total. The molecule has 0 aromatic rings. The van der Waals surface area contributed by atoms with E-state index < -0.39 is 5.67 Å². The molecular formula is C7H13ClFN. The molecule has 0 aromatic carbocycles. The largest absolute Gasteiger partial charge is 0.313 e. The Balaban J connectivity index is 0.000000500. The van der Waals surface area contributed by atoms with E-state index in [-0.39, 0.29) is 12.4 Å². The second-order valence-electron chi connectivity index (χ2n) is 3.39. The van der Waals surface area contributed by atoms with E-state index in [0.717, 1.165) is 25.8 Å². The molecule has 0 amide bonds. The molecule has 2 fully saturated rings. The van der Waals surface area contributed by atoms with Crippen molar-refractivity contribution in [3.05, 3.63) is 0 Å². The maximum Gasteiger partial charge on any atom is 0.123 e. The highest BCUT2D eigenvalue weighted by Crippen LogP contribution is 2.39. The number of hydrogen-bond acceptors (Lipinski definition) is 1. The van der Waals surface area contributed by atoms with Gasteiger partial charge in [0, 0.05) is 6.54 Å². The van der Waals surface area contributed by atoms with Crippen LogP contribution < -0.4 is 5.32 Å². The van der Waals surface area contributed by atoms with Crippen LogP contribution in [0.3, 0.4) is 0 Å². The fourth-order valence-corrected chi connectivity index (χ4v) is 2.02.